The zero-order chi connectivity index (χ0) is 14.8. The molecule has 1 rings (SSSR count). The number of nitrogens with one attached hydrogen (secondary N) is 1. The lowest BCUT2D eigenvalue weighted by Crippen LogP contribution is -2.33. The maximum absolute atomic E-state index is 11.8. The first-order chi connectivity index (χ1) is 9.58. The van der Waals surface area contributed by atoms with Crippen molar-refractivity contribution in [2.75, 3.05) is 5.75 Å². The number of hydrogen-bond donors (Lipinski definition) is 1. The molecular weight excluding hydrogens is 266 g/mol. The van der Waals surface area contributed by atoms with Crippen molar-refractivity contribution in [2.45, 2.75) is 51.8 Å². The van der Waals surface area contributed by atoms with E-state index in [0.717, 1.165) is 18.1 Å². The molecular formula is C17H27NOS. The van der Waals surface area contributed by atoms with Crippen LogP contribution in [0.4, 0.5) is 0 Å². The van der Waals surface area contributed by atoms with Gasteiger partial charge in [0.15, 0.2) is 0 Å². The minimum atomic E-state index is 0.156. The molecule has 0 aliphatic heterocycles. The molecule has 0 spiro atoms. The van der Waals surface area contributed by atoms with E-state index < -0.39 is 0 Å². The van der Waals surface area contributed by atoms with E-state index in [4.69, 9.17) is 0 Å². The third-order valence-electron chi connectivity index (χ3n) is 3.17. The normalized spacial score (nSPS) is 12.4. The number of hydrogen-bond acceptors (Lipinski definition) is 2. The van der Waals surface area contributed by atoms with Crippen LogP contribution in [-0.2, 0) is 10.5 Å². The Morgan fingerprint density at radius 2 is 1.85 bits per heavy atom. The summed E-state index contributed by atoms with van der Waals surface area (Å²) in [5.74, 6) is 2.35. The molecule has 20 heavy (non-hydrogen) atoms. The van der Waals surface area contributed by atoms with E-state index >= 15 is 0 Å². The smallest absolute Gasteiger partial charge is 0.230 e. The number of benzene rings is 1. The van der Waals surface area contributed by atoms with Gasteiger partial charge in [0.1, 0.15) is 0 Å². The molecule has 1 N–H and O–H groups in total. The van der Waals surface area contributed by atoms with Gasteiger partial charge in [-0.2, -0.15) is 0 Å². The first-order valence-corrected chi connectivity index (χ1v) is 8.64. The van der Waals surface area contributed by atoms with Crippen molar-refractivity contribution in [3.05, 3.63) is 35.9 Å². The van der Waals surface area contributed by atoms with Crippen molar-refractivity contribution in [3.8, 4) is 0 Å². The van der Waals surface area contributed by atoms with Gasteiger partial charge in [-0.1, -0.05) is 57.0 Å². The Morgan fingerprint density at radius 3 is 2.50 bits per heavy atom. The van der Waals surface area contributed by atoms with Gasteiger partial charge in [0.05, 0.1) is 5.75 Å². The lowest BCUT2D eigenvalue weighted by molar-refractivity contribution is -0.119. The first kappa shape index (κ1) is 17.1. The van der Waals surface area contributed by atoms with E-state index in [9.17, 15) is 4.79 Å². The molecule has 0 bridgehead atoms. The fraction of sp³-hybridized carbons (Fsp3) is 0.588. The molecule has 1 aromatic rings. The van der Waals surface area contributed by atoms with Gasteiger partial charge in [-0.05, 0) is 24.8 Å². The van der Waals surface area contributed by atoms with E-state index in [0.29, 0.717) is 11.8 Å². The molecule has 0 aliphatic rings. The van der Waals surface area contributed by atoms with Gasteiger partial charge >= 0.3 is 0 Å². The number of thioether (sulfide) groups is 1. The maximum Gasteiger partial charge on any atom is 0.230 e. The summed E-state index contributed by atoms with van der Waals surface area (Å²) in [4.78, 5) is 11.8. The highest BCUT2D eigenvalue weighted by Crippen LogP contribution is 2.12. The lowest BCUT2D eigenvalue weighted by Gasteiger charge is -2.14. The van der Waals surface area contributed by atoms with Crippen LogP contribution in [0.5, 0.6) is 0 Å². The van der Waals surface area contributed by atoms with Crippen molar-refractivity contribution in [1.29, 1.82) is 0 Å². The SMILES string of the molecule is CC(C)CCCC(C)NC(=O)CSCc1ccccc1. The molecule has 0 saturated carbocycles. The quantitative estimate of drug-likeness (QED) is 0.737. The summed E-state index contributed by atoms with van der Waals surface area (Å²) in [7, 11) is 0. The molecule has 1 atom stereocenters. The first-order valence-electron chi connectivity index (χ1n) is 7.49. The maximum atomic E-state index is 11.8. The van der Waals surface area contributed by atoms with Crippen LogP contribution in [0.1, 0.15) is 45.6 Å². The number of amides is 1. The van der Waals surface area contributed by atoms with Crippen molar-refractivity contribution >= 4 is 17.7 Å². The van der Waals surface area contributed by atoms with Crippen LogP contribution in [0.15, 0.2) is 30.3 Å². The Kier molecular flexibility index (Phi) is 8.43. The second kappa shape index (κ2) is 9.87. The van der Waals surface area contributed by atoms with Gasteiger partial charge in [0.2, 0.25) is 5.91 Å². The van der Waals surface area contributed by atoms with Crippen LogP contribution in [0.25, 0.3) is 0 Å². The van der Waals surface area contributed by atoms with Crippen LogP contribution in [-0.4, -0.2) is 17.7 Å². The Hall–Kier alpha value is -0.960. The summed E-state index contributed by atoms with van der Waals surface area (Å²) in [5, 5.41) is 3.08. The lowest BCUT2D eigenvalue weighted by atomic mass is 10.0. The molecule has 1 amide bonds. The Morgan fingerprint density at radius 1 is 1.15 bits per heavy atom. The number of carbonyl (C=O) groups excluding carboxylic acids is 1. The third kappa shape index (κ3) is 8.26. The van der Waals surface area contributed by atoms with Gasteiger partial charge < -0.3 is 5.32 Å². The van der Waals surface area contributed by atoms with Gasteiger partial charge in [0, 0.05) is 11.8 Å². The molecule has 1 aromatic carbocycles. The van der Waals surface area contributed by atoms with Crippen LogP contribution in [0, 0.1) is 5.92 Å². The topological polar surface area (TPSA) is 29.1 Å². The van der Waals surface area contributed by atoms with Crippen LogP contribution < -0.4 is 5.32 Å². The average Bonchev–Trinajstić information content (AvgIpc) is 2.39. The molecule has 0 aliphatic carbocycles. The highest BCUT2D eigenvalue weighted by atomic mass is 32.2. The van der Waals surface area contributed by atoms with Gasteiger partial charge in [-0.25, -0.2) is 0 Å². The number of carbonyl (C=O) groups is 1. The molecule has 0 fully saturated rings. The molecule has 3 heteroatoms. The van der Waals surface area contributed by atoms with Gasteiger partial charge in [-0.3, -0.25) is 4.79 Å². The van der Waals surface area contributed by atoms with Crippen molar-refractivity contribution in [3.63, 3.8) is 0 Å². The summed E-state index contributed by atoms with van der Waals surface area (Å²) in [5.41, 5.74) is 1.27. The number of rotatable bonds is 9. The fourth-order valence-electron chi connectivity index (χ4n) is 2.06. The molecule has 0 aromatic heterocycles. The van der Waals surface area contributed by atoms with E-state index in [1.807, 2.05) is 18.2 Å². The highest BCUT2D eigenvalue weighted by molar-refractivity contribution is 7.99. The zero-order valence-electron chi connectivity index (χ0n) is 12.9. The average molecular weight is 293 g/mol. The highest BCUT2D eigenvalue weighted by Gasteiger charge is 2.07. The summed E-state index contributed by atoms with van der Waals surface area (Å²) in [6.07, 6.45) is 3.51. The molecule has 0 radical (unpaired) electrons. The zero-order valence-corrected chi connectivity index (χ0v) is 13.7. The fourth-order valence-corrected chi connectivity index (χ4v) is 2.86. The van der Waals surface area contributed by atoms with Crippen LogP contribution >= 0.6 is 11.8 Å². The second-order valence-electron chi connectivity index (χ2n) is 5.77. The van der Waals surface area contributed by atoms with Gasteiger partial charge in [-0.15, -0.1) is 11.8 Å². The monoisotopic (exact) mass is 293 g/mol. The second-order valence-corrected chi connectivity index (χ2v) is 6.76. The summed E-state index contributed by atoms with van der Waals surface area (Å²) < 4.78 is 0. The molecule has 112 valence electrons. The van der Waals surface area contributed by atoms with E-state index in [-0.39, 0.29) is 5.91 Å². The molecule has 0 saturated heterocycles. The minimum absolute atomic E-state index is 0.156. The Bertz CT molecular complexity index is 378. The van der Waals surface area contributed by atoms with E-state index in [2.05, 4.69) is 38.2 Å². The third-order valence-corrected chi connectivity index (χ3v) is 4.17. The summed E-state index contributed by atoms with van der Waals surface area (Å²) in [6, 6.07) is 10.6. The summed E-state index contributed by atoms with van der Waals surface area (Å²) in [6.45, 7) is 6.58. The van der Waals surface area contributed by atoms with Crippen LogP contribution in [0.3, 0.4) is 0 Å². The standard InChI is InChI=1S/C17H27NOS/c1-14(2)8-7-9-15(3)18-17(19)13-20-12-16-10-5-4-6-11-16/h4-6,10-11,14-15H,7-9,12-13H2,1-3H3,(H,18,19). The van der Waals surface area contributed by atoms with Crippen molar-refractivity contribution < 1.29 is 4.79 Å². The predicted molar refractivity (Wildman–Crippen MR) is 88.9 cm³/mol. The Labute approximate surface area is 127 Å². The van der Waals surface area contributed by atoms with Crippen molar-refractivity contribution in [2.24, 2.45) is 5.92 Å². The molecule has 2 nitrogen and oxygen atoms in total. The molecule has 1 unspecified atom stereocenters. The van der Waals surface area contributed by atoms with Crippen molar-refractivity contribution in [1.82, 2.24) is 5.32 Å². The Balaban J connectivity index is 2.10. The van der Waals surface area contributed by atoms with E-state index in [1.54, 1.807) is 11.8 Å². The van der Waals surface area contributed by atoms with Crippen LogP contribution in [0.2, 0.25) is 0 Å². The van der Waals surface area contributed by atoms with Gasteiger partial charge in [0.25, 0.3) is 0 Å². The summed E-state index contributed by atoms with van der Waals surface area (Å²) >= 11 is 1.67. The largest absolute Gasteiger partial charge is 0.353 e. The predicted octanol–water partition coefficient (Wildman–Crippen LogP) is 4.25. The van der Waals surface area contributed by atoms with E-state index in [1.165, 1.54) is 18.4 Å². The molecule has 0 heterocycles. The minimum Gasteiger partial charge on any atom is -0.353 e.